The summed E-state index contributed by atoms with van der Waals surface area (Å²) >= 11 is 0. The molecule has 0 aliphatic rings. The van der Waals surface area contributed by atoms with Crippen LogP contribution in [0.1, 0.15) is 18.0 Å². The highest BCUT2D eigenvalue weighted by molar-refractivity contribution is 5.73. The Morgan fingerprint density at radius 3 is 1.95 bits per heavy atom. The maximum absolute atomic E-state index is 10.6. The van der Waals surface area contributed by atoms with Gasteiger partial charge in [0, 0.05) is 6.04 Å². The summed E-state index contributed by atoms with van der Waals surface area (Å²) in [5.41, 5.74) is 1.01. The fourth-order valence-electron chi connectivity index (χ4n) is 1.25. The minimum Gasteiger partial charge on any atom is -0.481 e. The first-order valence-corrected chi connectivity index (χ1v) is 5.42. The van der Waals surface area contributed by atoms with Gasteiger partial charge in [0.1, 0.15) is 0 Å². The maximum atomic E-state index is 10.6. The van der Waals surface area contributed by atoms with Gasteiger partial charge in [0.15, 0.2) is 0 Å². The Balaban J connectivity index is 0.000000441. The maximum Gasteiger partial charge on any atom is 0.490 e. The molecule has 0 aliphatic heterocycles. The van der Waals surface area contributed by atoms with Crippen LogP contribution in [0.4, 0.5) is 13.2 Å². The van der Waals surface area contributed by atoms with Crippen LogP contribution in [0.2, 0.25) is 0 Å². The van der Waals surface area contributed by atoms with Crippen LogP contribution >= 0.6 is 0 Å². The molecule has 1 rings (SSSR count). The largest absolute Gasteiger partial charge is 0.490 e. The molecule has 3 N–H and O–H groups in total. The van der Waals surface area contributed by atoms with Crippen LogP contribution in [0.25, 0.3) is 0 Å². The van der Waals surface area contributed by atoms with E-state index in [0.717, 1.165) is 5.56 Å². The van der Waals surface area contributed by atoms with Crippen molar-refractivity contribution < 1.29 is 33.0 Å². The van der Waals surface area contributed by atoms with E-state index >= 15 is 0 Å². The number of rotatable bonds is 4. The molecule has 1 aromatic carbocycles. The van der Waals surface area contributed by atoms with Crippen LogP contribution in [-0.2, 0) is 9.59 Å². The molecule has 0 saturated carbocycles. The molecule has 20 heavy (non-hydrogen) atoms. The third-order valence-corrected chi connectivity index (χ3v) is 2.17. The Bertz CT molecular complexity index is 434. The fourth-order valence-corrected chi connectivity index (χ4v) is 1.25. The lowest BCUT2D eigenvalue weighted by Crippen LogP contribution is -2.21. The zero-order valence-electron chi connectivity index (χ0n) is 10.5. The van der Waals surface area contributed by atoms with Gasteiger partial charge >= 0.3 is 18.1 Å². The molecule has 8 heteroatoms. The van der Waals surface area contributed by atoms with Crippen molar-refractivity contribution >= 4 is 11.9 Å². The Labute approximate surface area is 113 Å². The van der Waals surface area contributed by atoms with Crippen molar-refractivity contribution in [1.82, 2.24) is 5.32 Å². The SMILES string of the molecule is CNC(CC(=O)O)c1ccccc1.O=C(O)C(F)(F)F. The van der Waals surface area contributed by atoms with Crippen LogP contribution in [0, 0.1) is 0 Å². The Morgan fingerprint density at radius 1 is 1.20 bits per heavy atom. The van der Waals surface area contributed by atoms with Gasteiger partial charge in [-0.25, -0.2) is 4.79 Å². The van der Waals surface area contributed by atoms with Gasteiger partial charge < -0.3 is 15.5 Å². The molecule has 0 aliphatic carbocycles. The molecule has 1 unspecified atom stereocenters. The van der Waals surface area contributed by atoms with Crippen molar-refractivity contribution in [2.24, 2.45) is 0 Å². The number of benzene rings is 1. The van der Waals surface area contributed by atoms with Crippen molar-refractivity contribution in [3.8, 4) is 0 Å². The van der Waals surface area contributed by atoms with E-state index in [1.807, 2.05) is 30.3 Å². The predicted molar refractivity (Wildman–Crippen MR) is 64.2 cm³/mol. The number of carbonyl (C=O) groups is 2. The summed E-state index contributed by atoms with van der Waals surface area (Å²) in [4.78, 5) is 19.4. The van der Waals surface area contributed by atoms with Gasteiger partial charge in [-0.2, -0.15) is 13.2 Å². The van der Waals surface area contributed by atoms with Crippen molar-refractivity contribution in [3.05, 3.63) is 35.9 Å². The summed E-state index contributed by atoms with van der Waals surface area (Å²) in [6.45, 7) is 0. The standard InChI is InChI=1S/C10H13NO2.C2HF3O2/c1-11-9(7-10(12)13)8-5-3-2-4-6-8;3-2(4,5)1(6)7/h2-6,9,11H,7H2,1H3,(H,12,13);(H,6,7). The van der Waals surface area contributed by atoms with E-state index in [1.165, 1.54) is 0 Å². The van der Waals surface area contributed by atoms with E-state index in [-0.39, 0.29) is 12.5 Å². The van der Waals surface area contributed by atoms with Gasteiger partial charge in [-0.1, -0.05) is 30.3 Å². The first-order valence-electron chi connectivity index (χ1n) is 5.42. The van der Waals surface area contributed by atoms with Crippen LogP contribution in [-0.4, -0.2) is 35.4 Å². The molecular formula is C12H14F3NO4. The fraction of sp³-hybridized carbons (Fsp3) is 0.333. The lowest BCUT2D eigenvalue weighted by atomic mass is 10.0. The molecule has 0 amide bonds. The van der Waals surface area contributed by atoms with Gasteiger partial charge in [0.25, 0.3) is 0 Å². The van der Waals surface area contributed by atoms with Crippen LogP contribution in [0.3, 0.4) is 0 Å². The number of nitrogens with one attached hydrogen (secondary N) is 1. The van der Waals surface area contributed by atoms with Gasteiger partial charge in [-0.15, -0.1) is 0 Å². The quantitative estimate of drug-likeness (QED) is 0.791. The Kier molecular flexibility index (Phi) is 7.30. The summed E-state index contributed by atoms with van der Waals surface area (Å²) in [6.07, 6.45) is -4.97. The van der Waals surface area contributed by atoms with Gasteiger partial charge in [-0.3, -0.25) is 4.79 Å². The van der Waals surface area contributed by atoms with E-state index in [1.54, 1.807) is 7.05 Å². The molecule has 1 atom stereocenters. The van der Waals surface area contributed by atoms with Crippen molar-refractivity contribution in [3.63, 3.8) is 0 Å². The second-order valence-corrected chi connectivity index (χ2v) is 3.65. The molecule has 112 valence electrons. The average molecular weight is 293 g/mol. The van der Waals surface area contributed by atoms with Crippen LogP contribution in [0.5, 0.6) is 0 Å². The Morgan fingerprint density at radius 2 is 1.65 bits per heavy atom. The van der Waals surface area contributed by atoms with E-state index in [9.17, 15) is 18.0 Å². The zero-order chi connectivity index (χ0) is 15.8. The zero-order valence-corrected chi connectivity index (χ0v) is 10.5. The topological polar surface area (TPSA) is 86.6 Å². The van der Waals surface area contributed by atoms with E-state index in [0.29, 0.717) is 0 Å². The minimum absolute atomic E-state index is 0.0984. The van der Waals surface area contributed by atoms with Crippen molar-refractivity contribution in [1.29, 1.82) is 0 Å². The normalized spacial score (nSPS) is 12.0. The number of aliphatic carboxylic acids is 2. The van der Waals surface area contributed by atoms with E-state index in [4.69, 9.17) is 15.0 Å². The van der Waals surface area contributed by atoms with E-state index in [2.05, 4.69) is 5.32 Å². The number of carboxylic acid groups (broad SMARTS) is 2. The summed E-state index contributed by atoms with van der Waals surface area (Å²) in [7, 11) is 1.76. The molecule has 0 fully saturated rings. The summed E-state index contributed by atoms with van der Waals surface area (Å²) in [5, 5.41) is 18.7. The minimum atomic E-state index is -5.08. The second kappa shape index (κ2) is 8.16. The highest BCUT2D eigenvalue weighted by Crippen LogP contribution is 2.15. The molecule has 0 bridgehead atoms. The smallest absolute Gasteiger partial charge is 0.481 e. The summed E-state index contributed by atoms with van der Waals surface area (Å²) < 4.78 is 31.7. The molecule has 0 radical (unpaired) electrons. The molecule has 1 aromatic rings. The molecule has 0 saturated heterocycles. The van der Waals surface area contributed by atoms with Crippen LogP contribution in [0.15, 0.2) is 30.3 Å². The third kappa shape index (κ3) is 7.37. The lowest BCUT2D eigenvalue weighted by molar-refractivity contribution is -0.192. The third-order valence-electron chi connectivity index (χ3n) is 2.17. The first kappa shape index (κ1) is 17.9. The lowest BCUT2D eigenvalue weighted by Gasteiger charge is -2.13. The highest BCUT2D eigenvalue weighted by atomic mass is 19.4. The molecular weight excluding hydrogens is 279 g/mol. The number of hydrogen-bond donors (Lipinski definition) is 3. The molecule has 5 nitrogen and oxygen atoms in total. The first-order chi connectivity index (χ1) is 9.18. The van der Waals surface area contributed by atoms with Crippen LogP contribution < -0.4 is 5.32 Å². The molecule has 0 aromatic heterocycles. The molecule has 0 spiro atoms. The summed E-state index contributed by atoms with van der Waals surface area (Å²) in [5.74, 6) is -3.55. The average Bonchev–Trinajstić information content (AvgIpc) is 2.36. The van der Waals surface area contributed by atoms with Crippen molar-refractivity contribution in [2.75, 3.05) is 7.05 Å². The number of carboxylic acids is 2. The number of alkyl halides is 3. The second-order valence-electron chi connectivity index (χ2n) is 3.65. The van der Waals surface area contributed by atoms with E-state index < -0.39 is 18.1 Å². The van der Waals surface area contributed by atoms with Gasteiger partial charge in [0.2, 0.25) is 0 Å². The van der Waals surface area contributed by atoms with Crippen molar-refractivity contribution in [2.45, 2.75) is 18.6 Å². The van der Waals surface area contributed by atoms with Gasteiger partial charge in [-0.05, 0) is 12.6 Å². The number of hydrogen-bond acceptors (Lipinski definition) is 3. The predicted octanol–water partition coefficient (Wildman–Crippen LogP) is 2.06. The molecule has 0 heterocycles. The Hall–Kier alpha value is -2.09. The summed E-state index contributed by atoms with van der Waals surface area (Å²) in [6, 6.07) is 9.47. The highest BCUT2D eigenvalue weighted by Gasteiger charge is 2.38. The number of halogens is 3. The monoisotopic (exact) mass is 293 g/mol. The van der Waals surface area contributed by atoms with Gasteiger partial charge in [0.05, 0.1) is 6.42 Å².